The summed E-state index contributed by atoms with van der Waals surface area (Å²) in [4.78, 5) is 16.2. The number of hydrogen-bond donors (Lipinski definition) is 1. The number of rotatable bonds is 5. The van der Waals surface area contributed by atoms with Crippen LogP contribution in [0.4, 0.5) is 5.69 Å². The molecule has 2 aromatic carbocycles. The van der Waals surface area contributed by atoms with Crippen LogP contribution in [0, 0.1) is 6.92 Å². The van der Waals surface area contributed by atoms with Gasteiger partial charge >= 0.3 is 5.97 Å². The molecule has 0 radical (unpaired) electrons. The number of sulfonamides is 1. The lowest BCUT2D eigenvalue weighted by Gasteiger charge is -2.11. The van der Waals surface area contributed by atoms with Crippen LogP contribution in [0.3, 0.4) is 0 Å². The third kappa shape index (κ3) is 3.67. The Bertz CT molecular complexity index is 1080. The summed E-state index contributed by atoms with van der Waals surface area (Å²) >= 11 is 0. The van der Waals surface area contributed by atoms with Gasteiger partial charge in [-0.1, -0.05) is 18.2 Å². The number of carbonyl (C=O) groups excluding carboxylic acids is 1. The average Bonchev–Trinajstić information content (AvgIpc) is 2.61. The lowest BCUT2D eigenvalue weighted by molar-refractivity contribution is 0.0526. The van der Waals surface area contributed by atoms with Crippen LogP contribution in [0.25, 0.3) is 10.9 Å². The molecule has 0 saturated carbocycles. The lowest BCUT2D eigenvalue weighted by Crippen LogP contribution is -2.14. The van der Waals surface area contributed by atoms with Gasteiger partial charge in [0.25, 0.3) is 10.0 Å². The highest BCUT2D eigenvalue weighted by atomic mass is 32.2. The molecule has 0 fully saturated rings. The van der Waals surface area contributed by atoms with Crippen molar-refractivity contribution in [3.05, 3.63) is 65.9 Å². The zero-order valence-corrected chi connectivity index (χ0v) is 15.2. The summed E-state index contributed by atoms with van der Waals surface area (Å²) in [5.74, 6) is -0.504. The van der Waals surface area contributed by atoms with E-state index >= 15 is 0 Å². The predicted molar refractivity (Wildman–Crippen MR) is 99.7 cm³/mol. The standard InChI is InChI=1S/C19H18N2O4S/c1-3-25-19(22)15-7-4-8-16(11-15)21-26(23,24)17-9-5-6-14-10-13(2)12-20-18(14)17/h4-12,21H,3H2,1-2H3. The fourth-order valence-corrected chi connectivity index (χ4v) is 3.82. The van der Waals surface area contributed by atoms with Gasteiger partial charge in [-0.05, 0) is 49.7 Å². The van der Waals surface area contributed by atoms with Gasteiger partial charge in [-0.3, -0.25) is 9.71 Å². The number of aromatic nitrogens is 1. The Morgan fingerprint density at radius 1 is 1.15 bits per heavy atom. The first-order valence-electron chi connectivity index (χ1n) is 8.06. The van der Waals surface area contributed by atoms with Crippen molar-refractivity contribution in [1.29, 1.82) is 0 Å². The summed E-state index contributed by atoms with van der Waals surface area (Å²) in [6.07, 6.45) is 1.63. The minimum absolute atomic E-state index is 0.0801. The first kappa shape index (κ1) is 17.9. The van der Waals surface area contributed by atoms with Gasteiger partial charge in [-0.15, -0.1) is 0 Å². The summed E-state index contributed by atoms with van der Waals surface area (Å²) in [5.41, 5.74) is 1.90. The van der Waals surface area contributed by atoms with Gasteiger partial charge in [-0.25, -0.2) is 13.2 Å². The number of fused-ring (bicyclic) bond motifs is 1. The molecular weight excluding hydrogens is 352 g/mol. The molecule has 7 heteroatoms. The van der Waals surface area contributed by atoms with Crippen LogP contribution in [0.15, 0.2) is 59.6 Å². The van der Waals surface area contributed by atoms with Gasteiger partial charge < -0.3 is 4.74 Å². The van der Waals surface area contributed by atoms with E-state index < -0.39 is 16.0 Å². The topological polar surface area (TPSA) is 85.4 Å². The molecule has 0 unspecified atom stereocenters. The van der Waals surface area contributed by atoms with Crippen LogP contribution in [0.5, 0.6) is 0 Å². The monoisotopic (exact) mass is 370 g/mol. The minimum Gasteiger partial charge on any atom is -0.462 e. The Hall–Kier alpha value is -2.93. The minimum atomic E-state index is -3.87. The number of nitrogens with one attached hydrogen (secondary N) is 1. The molecule has 0 aliphatic carbocycles. The molecular formula is C19H18N2O4S. The second kappa shape index (κ2) is 7.13. The molecule has 6 nitrogen and oxygen atoms in total. The van der Waals surface area contributed by atoms with Crippen molar-refractivity contribution in [2.24, 2.45) is 0 Å². The molecule has 134 valence electrons. The summed E-state index contributed by atoms with van der Waals surface area (Å²) in [6, 6.07) is 13.0. The van der Waals surface area contributed by atoms with E-state index in [0.29, 0.717) is 5.52 Å². The Balaban J connectivity index is 1.98. The van der Waals surface area contributed by atoms with Crippen LogP contribution in [0.1, 0.15) is 22.8 Å². The molecule has 3 rings (SSSR count). The molecule has 0 bridgehead atoms. The van der Waals surface area contributed by atoms with Crippen molar-refractivity contribution in [2.75, 3.05) is 11.3 Å². The van der Waals surface area contributed by atoms with E-state index in [9.17, 15) is 13.2 Å². The summed E-state index contributed by atoms with van der Waals surface area (Å²) in [6.45, 7) is 3.85. The third-order valence-corrected chi connectivity index (χ3v) is 5.14. The number of hydrogen-bond acceptors (Lipinski definition) is 5. The molecule has 0 spiro atoms. The van der Waals surface area contributed by atoms with Crippen molar-refractivity contribution in [1.82, 2.24) is 4.98 Å². The van der Waals surface area contributed by atoms with E-state index in [2.05, 4.69) is 9.71 Å². The van der Waals surface area contributed by atoms with Gasteiger partial charge in [-0.2, -0.15) is 0 Å². The largest absolute Gasteiger partial charge is 0.462 e. The average molecular weight is 370 g/mol. The van der Waals surface area contributed by atoms with Gasteiger partial charge in [0.2, 0.25) is 0 Å². The van der Waals surface area contributed by atoms with Gasteiger partial charge in [0.15, 0.2) is 0 Å². The zero-order chi connectivity index (χ0) is 18.7. The van der Waals surface area contributed by atoms with Crippen molar-refractivity contribution in [2.45, 2.75) is 18.7 Å². The normalized spacial score (nSPS) is 11.3. The highest BCUT2D eigenvalue weighted by molar-refractivity contribution is 7.93. The Labute approximate surface area is 151 Å². The van der Waals surface area contributed by atoms with Crippen molar-refractivity contribution in [3.8, 4) is 0 Å². The number of para-hydroxylation sites is 1. The highest BCUT2D eigenvalue weighted by Crippen LogP contribution is 2.24. The zero-order valence-electron chi connectivity index (χ0n) is 14.4. The van der Waals surface area contributed by atoms with Crippen LogP contribution in [0.2, 0.25) is 0 Å². The van der Waals surface area contributed by atoms with E-state index in [1.54, 1.807) is 37.4 Å². The smallest absolute Gasteiger partial charge is 0.338 e. The summed E-state index contributed by atoms with van der Waals surface area (Å²) in [7, 11) is -3.87. The molecule has 3 aromatic rings. The number of ether oxygens (including phenoxy) is 1. The summed E-state index contributed by atoms with van der Waals surface area (Å²) in [5, 5.41) is 0.744. The predicted octanol–water partition coefficient (Wildman–Crippen LogP) is 3.52. The number of aryl methyl sites for hydroxylation is 1. The van der Waals surface area contributed by atoms with E-state index in [1.807, 2.05) is 19.1 Å². The molecule has 0 atom stereocenters. The maximum absolute atomic E-state index is 12.8. The first-order valence-corrected chi connectivity index (χ1v) is 9.54. The molecule has 0 aliphatic heterocycles. The van der Waals surface area contributed by atoms with Crippen LogP contribution >= 0.6 is 0 Å². The molecule has 26 heavy (non-hydrogen) atoms. The molecule has 1 aromatic heterocycles. The highest BCUT2D eigenvalue weighted by Gasteiger charge is 2.19. The second-order valence-corrected chi connectivity index (χ2v) is 7.40. The number of benzene rings is 2. The Kier molecular flexibility index (Phi) is 4.90. The SMILES string of the molecule is CCOC(=O)c1cccc(NS(=O)(=O)c2cccc3cc(C)cnc23)c1. The van der Waals surface area contributed by atoms with Gasteiger partial charge in [0.1, 0.15) is 4.90 Å². The van der Waals surface area contributed by atoms with Gasteiger partial charge in [0.05, 0.1) is 17.7 Å². The number of nitrogens with zero attached hydrogens (tertiary/aromatic N) is 1. The van der Waals surface area contributed by atoms with Crippen LogP contribution < -0.4 is 4.72 Å². The maximum Gasteiger partial charge on any atom is 0.338 e. The van der Waals surface area contributed by atoms with Crippen molar-refractivity contribution in [3.63, 3.8) is 0 Å². The van der Waals surface area contributed by atoms with Crippen molar-refractivity contribution < 1.29 is 17.9 Å². The first-order chi connectivity index (χ1) is 12.4. The fraction of sp³-hybridized carbons (Fsp3) is 0.158. The van der Waals surface area contributed by atoms with E-state index in [-0.39, 0.29) is 22.8 Å². The molecule has 0 amide bonds. The van der Waals surface area contributed by atoms with Crippen molar-refractivity contribution >= 4 is 32.6 Å². The van der Waals surface area contributed by atoms with Crippen LogP contribution in [-0.2, 0) is 14.8 Å². The van der Waals surface area contributed by atoms with Crippen LogP contribution in [-0.4, -0.2) is 26.0 Å². The Morgan fingerprint density at radius 3 is 2.69 bits per heavy atom. The fourth-order valence-electron chi connectivity index (χ4n) is 2.59. The number of pyridine rings is 1. The quantitative estimate of drug-likeness (QED) is 0.695. The number of esters is 1. The van der Waals surface area contributed by atoms with E-state index in [4.69, 9.17) is 4.74 Å². The lowest BCUT2D eigenvalue weighted by atomic mass is 10.2. The molecule has 0 aliphatic rings. The summed E-state index contributed by atoms with van der Waals surface area (Å²) < 4.78 is 33.1. The molecule has 0 saturated heterocycles. The van der Waals surface area contributed by atoms with E-state index in [0.717, 1.165) is 10.9 Å². The van der Waals surface area contributed by atoms with E-state index in [1.165, 1.54) is 12.1 Å². The number of carbonyl (C=O) groups is 1. The Morgan fingerprint density at radius 2 is 1.92 bits per heavy atom. The molecule has 1 heterocycles. The maximum atomic E-state index is 12.8. The molecule has 1 N–H and O–H groups in total. The van der Waals surface area contributed by atoms with Gasteiger partial charge in [0, 0.05) is 17.3 Å². The second-order valence-electron chi connectivity index (χ2n) is 5.75. The third-order valence-electron chi connectivity index (χ3n) is 3.73. The number of anilines is 1.